The fraction of sp³-hybridized carbons (Fsp3) is 0.143. The monoisotopic (exact) mass is 382 g/mol. The molecule has 0 aromatic heterocycles. The second kappa shape index (κ2) is 8.10. The van der Waals surface area contributed by atoms with Gasteiger partial charge in [0.25, 0.3) is 11.8 Å². The highest BCUT2D eigenvalue weighted by molar-refractivity contribution is 6.31. The van der Waals surface area contributed by atoms with Crippen LogP contribution in [0.2, 0.25) is 5.02 Å². The second-order valence-electron chi connectivity index (χ2n) is 6.19. The van der Waals surface area contributed by atoms with Crippen LogP contribution < -0.4 is 15.8 Å². The summed E-state index contributed by atoms with van der Waals surface area (Å²) in [5.74, 6) is -0.751. The van der Waals surface area contributed by atoms with Gasteiger partial charge in [-0.15, -0.1) is 0 Å². The van der Waals surface area contributed by atoms with Gasteiger partial charge < -0.3 is 15.8 Å². The molecule has 3 rings (SSSR count). The molecule has 138 valence electrons. The van der Waals surface area contributed by atoms with E-state index in [4.69, 9.17) is 22.1 Å². The molecule has 0 heterocycles. The van der Waals surface area contributed by atoms with Crippen LogP contribution in [0.3, 0.4) is 0 Å². The molecule has 0 radical (unpaired) electrons. The first-order valence-corrected chi connectivity index (χ1v) is 8.82. The SMILES string of the molecule is CC(NC(=O)COc1ccc(Cl)cc1C(N)=O)c1ccc2ccccc2c1. The standard InChI is InChI=1S/C21H19ClN2O3/c1-13(15-7-6-14-4-2-3-5-16(14)10-15)24-20(25)12-27-19-9-8-17(22)11-18(19)21(23)26/h2-11,13H,12H2,1H3,(H2,23,26)(H,24,25). The first-order valence-electron chi connectivity index (χ1n) is 8.44. The van der Waals surface area contributed by atoms with Gasteiger partial charge in [-0.25, -0.2) is 0 Å². The smallest absolute Gasteiger partial charge is 0.258 e. The number of hydrogen-bond acceptors (Lipinski definition) is 3. The predicted octanol–water partition coefficient (Wildman–Crippen LogP) is 3.85. The lowest BCUT2D eigenvalue weighted by molar-refractivity contribution is -0.123. The zero-order chi connectivity index (χ0) is 19.4. The molecule has 0 saturated heterocycles. The van der Waals surface area contributed by atoms with Crippen molar-refractivity contribution in [2.45, 2.75) is 13.0 Å². The number of halogens is 1. The van der Waals surface area contributed by atoms with Crippen molar-refractivity contribution in [1.82, 2.24) is 5.32 Å². The molecule has 0 bridgehead atoms. The van der Waals surface area contributed by atoms with E-state index in [1.54, 1.807) is 6.07 Å². The van der Waals surface area contributed by atoms with Crippen molar-refractivity contribution in [2.24, 2.45) is 5.73 Å². The Morgan fingerprint density at radius 3 is 2.56 bits per heavy atom. The van der Waals surface area contributed by atoms with E-state index in [9.17, 15) is 9.59 Å². The zero-order valence-corrected chi connectivity index (χ0v) is 15.5. The fourth-order valence-electron chi connectivity index (χ4n) is 2.81. The number of hydrogen-bond donors (Lipinski definition) is 2. The Morgan fingerprint density at radius 1 is 1.07 bits per heavy atom. The van der Waals surface area contributed by atoms with Crippen LogP contribution in [0.1, 0.15) is 28.9 Å². The summed E-state index contributed by atoms with van der Waals surface area (Å²) in [6, 6.07) is 18.4. The minimum atomic E-state index is -0.669. The van der Waals surface area contributed by atoms with Gasteiger partial charge in [0.2, 0.25) is 0 Å². The second-order valence-corrected chi connectivity index (χ2v) is 6.63. The van der Waals surface area contributed by atoms with Crippen molar-refractivity contribution in [3.63, 3.8) is 0 Å². The fourth-order valence-corrected chi connectivity index (χ4v) is 2.98. The Hall–Kier alpha value is -3.05. The van der Waals surface area contributed by atoms with Gasteiger partial charge >= 0.3 is 0 Å². The summed E-state index contributed by atoms with van der Waals surface area (Å²) >= 11 is 5.86. The van der Waals surface area contributed by atoms with Gasteiger partial charge in [0.15, 0.2) is 6.61 Å². The summed E-state index contributed by atoms with van der Waals surface area (Å²) in [4.78, 5) is 23.7. The van der Waals surface area contributed by atoms with E-state index >= 15 is 0 Å². The minimum Gasteiger partial charge on any atom is -0.483 e. The molecule has 6 heteroatoms. The van der Waals surface area contributed by atoms with Crippen LogP contribution in [0.25, 0.3) is 10.8 Å². The molecule has 0 saturated carbocycles. The van der Waals surface area contributed by atoms with Crippen molar-refractivity contribution in [3.8, 4) is 5.75 Å². The molecular weight excluding hydrogens is 364 g/mol. The lowest BCUT2D eigenvalue weighted by Crippen LogP contribution is -2.31. The molecule has 27 heavy (non-hydrogen) atoms. The van der Waals surface area contributed by atoms with Gasteiger partial charge in [0, 0.05) is 5.02 Å². The van der Waals surface area contributed by atoms with Crippen molar-refractivity contribution in [2.75, 3.05) is 6.61 Å². The van der Waals surface area contributed by atoms with Gasteiger partial charge in [-0.2, -0.15) is 0 Å². The maximum Gasteiger partial charge on any atom is 0.258 e. The number of ether oxygens (including phenoxy) is 1. The normalized spacial score (nSPS) is 11.8. The third-order valence-electron chi connectivity index (χ3n) is 4.22. The first kappa shape index (κ1) is 18.7. The third-order valence-corrected chi connectivity index (χ3v) is 4.45. The maximum atomic E-state index is 12.2. The minimum absolute atomic E-state index is 0.137. The Bertz CT molecular complexity index is 1000. The lowest BCUT2D eigenvalue weighted by atomic mass is 10.0. The van der Waals surface area contributed by atoms with E-state index < -0.39 is 5.91 Å². The van der Waals surface area contributed by atoms with E-state index in [1.807, 2.05) is 49.4 Å². The maximum absolute atomic E-state index is 12.2. The van der Waals surface area contributed by atoms with Crippen LogP contribution in [0, 0.1) is 0 Å². The summed E-state index contributed by atoms with van der Waals surface area (Å²) in [5, 5.41) is 5.51. The molecule has 0 fully saturated rings. The van der Waals surface area contributed by atoms with Gasteiger partial charge in [-0.05, 0) is 47.5 Å². The molecular formula is C21H19ClN2O3. The molecule has 5 nitrogen and oxygen atoms in total. The Kier molecular flexibility index (Phi) is 5.62. The highest BCUT2D eigenvalue weighted by Crippen LogP contribution is 2.23. The Morgan fingerprint density at radius 2 is 1.81 bits per heavy atom. The third kappa shape index (κ3) is 4.57. The largest absolute Gasteiger partial charge is 0.483 e. The number of carbonyl (C=O) groups excluding carboxylic acids is 2. The van der Waals surface area contributed by atoms with E-state index in [2.05, 4.69) is 5.32 Å². The van der Waals surface area contributed by atoms with Crippen LogP contribution in [0.4, 0.5) is 0 Å². The van der Waals surface area contributed by atoms with Crippen molar-refractivity contribution < 1.29 is 14.3 Å². The van der Waals surface area contributed by atoms with Crippen molar-refractivity contribution in [3.05, 3.63) is 76.8 Å². The van der Waals surface area contributed by atoms with Crippen LogP contribution in [-0.4, -0.2) is 18.4 Å². The van der Waals surface area contributed by atoms with Gasteiger partial charge in [0.05, 0.1) is 11.6 Å². The van der Waals surface area contributed by atoms with E-state index in [0.29, 0.717) is 5.02 Å². The van der Waals surface area contributed by atoms with Gasteiger partial charge in [-0.1, -0.05) is 48.0 Å². The number of primary amides is 1. The summed E-state index contributed by atoms with van der Waals surface area (Å²) in [6.45, 7) is 1.67. The van der Waals surface area contributed by atoms with Crippen LogP contribution in [-0.2, 0) is 4.79 Å². The average molecular weight is 383 g/mol. The summed E-state index contributed by atoms with van der Waals surface area (Å²) in [7, 11) is 0. The number of nitrogens with two attached hydrogens (primary N) is 1. The highest BCUT2D eigenvalue weighted by atomic mass is 35.5. The molecule has 0 aliphatic rings. The summed E-state index contributed by atoms with van der Waals surface area (Å²) < 4.78 is 5.45. The van der Waals surface area contributed by atoms with E-state index in [0.717, 1.165) is 16.3 Å². The van der Waals surface area contributed by atoms with E-state index in [1.165, 1.54) is 12.1 Å². The summed E-state index contributed by atoms with van der Waals surface area (Å²) in [6.07, 6.45) is 0. The lowest BCUT2D eigenvalue weighted by Gasteiger charge is -2.16. The highest BCUT2D eigenvalue weighted by Gasteiger charge is 2.14. The number of rotatable bonds is 6. The number of nitrogens with one attached hydrogen (secondary N) is 1. The van der Waals surface area contributed by atoms with Crippen molar-refractivity contribution in [1.29, 1.82) is 0 Å². The number of carbonyl (C=O) groups is 2. The summed E-state index contributed by atoms with van der Waals surface area (Å²) in [5.41, 5.74) is 6.44. The predicted molar refractivity (Wildman–Crippen MR) is 106 cm³/mol. The molecule has 1 atom stereocenters. The van der Waals surface area contributed by atoms with Gasteiger partial charge in [-0.3, -0.25) is 9.59 Å². The molecule has 1 unspecified atom stereocenters. The molecule has 0 aliphatic carbocycles. The topological polar surface area (TPSA) is 81.4 Å². The van der Waals surface area contributed by atoms with Gasteiger partial charge in [0.1, 0.15) is 5.75 Å². The molecule has 3 N–H and O–H groups in total. The Labute approximate surface area is 162 Å². The van der Waals surface area contributed by atoms with Crippen LogP contribution >= 0.6 is 11.6 Å². The molecule has 0 aliphatic heterocycles. The average Bonchev–Trinajstić information content (AvgIpc) is 2.66. The number of fused-ring (bicyclic) bond motifs is 1. The number of amides is 2. The number of benzene rings is 3. The van der Waals surface area contributed by atoms with Crippen LogP contribution in [0.5, 0.6) is 5.75 Å². The van der Waals surface area contributed by atoms with Crippen LogP contribution in [0.15, 0.2) is 60.7 Å². The van der Waals surface area contributed by atoms with Crippen molar-refractivity contribution >= 4 is 34.2 Å². The quantitative estimate of drug-likeness (QED) is 0.679. The molecule has 3 aromatic rings. The molecule has 3 aromatic carbocycles. The molecule has 0 spiro atoms. The first-order chi connectivity index (χ1) is 12.9. The zero-order valence-electron chi connectivity index (χ0n) is 14.7. The molecule has 2 amide bonds. The Balaban J connectivity index is 1.64. The van der Waals surface area contributed by atoms with E-state index in [-0.39, 0.29) is 29.9 Å².